The van der Waals surface area contributed by atoms with Crippen LogP contribution in [0, 0.1) is 6.92 Å². The van der Waals surface area contributed by atoms with Gasteiger partial charge in [0.05, 0.1) is 0 Å². The average Bonchev–Trinajstić information content (AvgIpc) is 3.30. The van der Waals surface area contributed by atoms with Crippen LogP contribution in [0.2, 0.25) is 0 Å². The number of anilines is 1. The first kappa shape index (κ1) is 14.7. The van der Waals surface area contributed by atoms with Crippen molar-refractivity contribution in [2.75, 3.05) is 31.1 Å². The van der Waals surface area contributed by atoms with Crippen LogP contribution >= 0.6 is 0 Å². The maximum atomic E-state index is 12.2. The Hall–Kier alpha value is -2.18. The van der Waals surface area contributed by atoms with Crippen molar-refractivity contribution in [3.63, 3.8) is 0 Å². The summed E-state index contributed by atoms with van der Waals surface area (Å²) in [5, 5.41) is 2.95. The van der Waals surface area contributed by atoms with Gasteiger partial charge in [0, 0.05) is 44.8 Å². The van der Waals surface area contributed by atoms with Gasteiger partial charge in [-0.05, 0) is 25.8 Å². The summed E-state index contributed by atoms with van der Waals surface area (Å²) < 4.78 is 0. The fraction of sp³-hybridized carbons (Fsp3) is 0.600. The minimum atomic E-state index is -0.128. The third-order valence-electron chi connectivity index (χ3n) is 4.00. The number of amides is 2. The first-order chi connectivity index (χ1) is 10.5. The molecule has 0 bridgehead atoms. The SMILES string of the molecule is CC(=O)N1CCN(c2nc(C)cc(C(=O)NC3CC3)n2)CC1. The molecule has 2 heterocycles. The molecule has 1 N–H and O–H groups in total. The molecule has 0 aromatic carbocycles. The van der Waals surface area contributed by atoms with E-state index < -0.39 is 0 Å². The molecule has 3 rings (SSSR count). The van der Waals surface area contributed by atoms with Crippen molar-refractivity contribution < 1.29 is 9.59 Å². The van der Waals surface area contributed by atoms with Gasteiger partial charge in [-0.25, -0.2) is 9.97 Å². The molecule has 2 amide bonds. The molecule has 7 heteroatoms. The van der Waals surface area contributed by atoms with Crippen LogP contribution < -0.4 is 10.2 Å². The summed E-state index contributed by atoms with van der Waals surface area (Å²) in [6.45, 7) is 6.15. The molecule has 1 saturated heterocycles. The summed E-state index contributed by atoms with van der Waals surface area (Å²) in [7, 11) is 0. The van der Waals surface area contributed by atoms with Gasteiger partial charge >= 0.3 is 0 Å². The number of nitrogens with one attached hydrogen (secondary N) is 1. The van der Waals surface area contributed by atoms with Gasteiger partial charge in [-0.2, -0.15) is 0 Å². The topological polar surface area (TPSA) is 78.4 Å². The first-order valence-corrected chi connectivity index (χ1v) is 7.70. The average molecular weight is 303 g/mol. The lowest BCUT2D eigenvalue weighted by atomic mass is 10.3. The summed E-state index contributed by atoms with van der Waals surface area (Å²) >= 11 is 0. The molecule has 0 atom stereocenters. The van der Waals surface area contributed by atoms with Crippen molar-refractivity contribution in [1.29, 1.82) is 0 Å². The van der Waals surface area contributed by atoms with Gasteiger partial charge in [0.15, 0.2) is 0 Å². The van der Waals surface area contributed by atoms with Gasteiger partial charge in [0.1, 0.15) is 5.69 Å². The molecule has 1 aliphatic heterocycles. The first-order valence-electron chi connectivity index (χ1n) is 7.70. The molecule has 1 saturated carbocycles. The van der Waals surface area contributed by atoms with E-state index in [9.17, 15) is 9.59 Å². The van der Waals surface area contributed by atoms with Crippen molar-refractivity contribution >= 4 is 17.8 Å². The lowest BCUT2D eigenvalue weighted by molar-refractivity contribution is -0.129. The van der Waals surface area contributed by atoms with Gasteiger partial charge in [0.2, 0.25) is 11.9 Å². The summed E-state index contributed by atoms with van der Waals surface area (Å²) in [6.07, 6.45) is 2.10. The van der Waals surface area contributed by atoms with Crippen LogP contribution in [0.3, 0.4) is 0 Å². The largest absolute Gasteiger partial charge is 0.348 e. The van der Waals surface area contributed by atoms with E-state index in [4.69, 9.17) is 0 Å². The number of nitrogens with zero attached hydrogens (tertiary/aromatic N) is 4. The van der Waals surface area contributed by atoms with Crippen LogP contribution in [0.1, 0.15) is 35.9 Å². The summed E-state index contributed by atoms with van der Waals surface area (Å²) in [5.41, 5.74) is 1.20. The number of rotatable bonds is 3. The van der Waals surface area contributed by atoms with Crippen LogP contribution in [0.5, 0.6) is 0 Å². The number of carbonyl (C=O) groups is 2. The highest BCUT2D eigenvalue weighted by Crippen LogP contribution is 2.20. The van der Waals surface area contributed by atoms with Crippen molar-refractivity contribution in [3.8, 4) is 0 Å². The molecule has 0 spiro atoms. The Balaban J connectivity index is 1.72. The van der Waals surface area contributed by atoms with Gasteiger partial charge in [-0.1, -0.05) is 0 Å². The maximum absolute atomic E-state index is 12.2. The van der Waals surface area contributed by atoms with E-state index in [-0.39, 0.29) is 11.8 Å². The van der Waals surface area contributed by atoms with Crippen LogP contribution in [0.4, 0.5) is 5.95 Å². The van der Waals surface area contributed by atoms with Crippen LogP contribution in [0.15, 0.2) is 6.07 Å². The highest BCUT2D eigenvalue weighted by molar-refractivity contribution is 5.93. The fourth-order valence-electron chi connectivity index (χ4n) is 2.52. The highest BCUT2D eigenvalue weighted by Gasteiger charge is 2.26. The molecular weight excluding hydrogens is 282 g/mol. The number of aromatic nitrogens is 2. The maximum Gasteiger partial charge on any atom is 0.270 e. The highest BCUT2D eigenvalue weighted by atomic mass is 16.2. The molecule has 2 fully saturated rings. The third-order valence-corrected chi connectivity index (χ3v) is 4.00. The quantitative estimate of drug-likeness (QED) is 0.871. The van der Waals surface area contributed by atoms with Gasteiger partial charge in [0.25, 0.3) is 5.91 Å². The Bertz CT molecular complexity index is 592. The molecule has 1 aromatic rings. The standard InChI is InChI=1S/C15H21N5O2/c1-10-9-13(14(22)17-12-3-4-12)18-15(16-10)20-7-5-19(6-8-20)11(2)21/h9,12H,3-8H2,1-2H3,(H,17,22). The number of hydrogen-bond donors (Lipinski definition) is 1. The second-order valence-electron chi connectivity index (χ2n) is 5.94. The molecule has 0 radical (unpaired) electrons. The van der Waals surface area contributed by atoms with E-state index >= 15 is 0 Å². The predicted molar refractivity (Wildman–Crippen MR) is 81.7 cm³/mol. The zero-order valence-corrected chi connectivity index (χ0v) is 13.0. The predicted octanol–water partition coefficient (Wildman–Crippen LogP) is 0.346. The molecule has 1 aromatic heterocycles. The molecule has 22 heavy (non-hydrogen) atoms. The number of hydrogen-bond acceptors (Lipinski definition) is 5. The van der Waals surface area contributed by atoms with E-state index in [1.165, 1.54) is 0 Å². The summed E-state index contributed by atoms with van der Waals surface area (Å²) in [5.74, 6) is 0.537. The number of aryl methyl sites for hydroxylation is 1. The number of carbonyl (C=O) groups excluding carboxylic acids is 2. The molecule has 0 unspecified atom stereocenters. The summed E-state index contributed by atoms with van der Waals surface area (Å²) in [6, 6.07) is 2.03. The minimum Gasteiger partial charge on any atom is -0.348 e. The van der Waals surface area contributed by atoms with Crippen LogP contribution in [-0.4, -0.2) is 58.9 Å². The Morgan fingerprint density at radius 3 is 2.45 bits per heavy atom. The van der Waals surface area contributed by atoms with E-state index in [1.807, 2.05) is 16.7 Å². The fourth-order valence-corrected chi connectivity index (χ4v) is 2.52. The van der Waals surface area contributed by atoms with Gasteiger partial charge in [-0.15, -0.1) is 0 Å². The molecule has 2 aliphatic rings. The van der Waals surface area contributed by atoms with E-state index in [0.29, 0.717) is 43.9 Å². The third kappa shape index (κ3) is 3.35. The van der Waals surface area contributed by atoms with Crippen LogP contribution in [0.25, 0.3) is 0 Å². The molecule has 1 aliphatic carbocycles. The molecule has 7 nitrogen and oxygen atoms in total. The second-order valence-corrected chi connectivity index (χ2v) is 5.94. The van der Waals surface area contributed by atoms with Gasteiger partial charge in [-0.3, -0.25) is 9.59 Å². The molecule has 118 valence electrons. The Morgan fingerprint density at radius 1 is 1.18 bits per heavy atom. The van der Waals surface area contributed by atoms with Crippen molar-refractivity contribution in [2.24, 2.45) is 0 Å². The van der Waals surface area contributed by atoms with Gasteiger partial charge < -0.3 is 15.1 Å². The Kier molecular flexibility index (Phi) is 3.96. The van der Waals surface area contributed by atoms with Crippen molar-refractivity contribution in [3.05, 3.63) is 17.5 Å². The Labute approximate surface area is 129 Å². The van der Waals surface area contributed by atoms with Crippen LogP contribution in [-0.2, 0) is 4.79 Å². The summed E-state index contributed by atoms with van der Waals surface area (Å²) in [4.78, 5) is 36.2. The molecular formula is C15H21N5O2. The Morgan fingerprint density at radius 2 is 1.86 bits per heavy atom. The monoisotopic (exact) mass is 303 g/mol. The zero-order chi connectivity index (χ0) is 15.7. The van der Waals surface area contributed by atoms with E-state index in [1.54, 1.807) is 13.0 Å². The zero-order valence-electron chi connectivity index (χ0n) is 13.0. The lowest BCUT2D eigenvalue weighted by Crippen LogP contribution is -2.48. The van der Waals surface area contributed by atoms with E-state index in [0.717, 1.165) is 18.5 Å². The van der Waals surface area contributed by atoms with E-state index in [2.05, 4.69) is 15.3 Å². The van der Waals surface area contributed by atoms with Crippen molar-refractivity contribution in [2.45, 2.75) is 32.7 Å². The van der Waals surface area contributed by atoms with Crippen molar-refractivity contribution in [1.82, 2.24) is 20.2 Å². The normalized spacial score (nSPS) is 18.3. The second kappa shape index (κ2) is 5.90. The minimum absolute atomic E-state index is 0.0920. The smallest absolute Gasteiger partial charge is 0.270 e. The lowest BCUT2D eigenvalue weighted by Gasteiger charge is -2.34. The number of piperazine rings is 1.